The van der Waals surface area contributed by atoms with E-state index in [1.165, 1.54) is 0 Å². The number of benzene rings is 2. The maximum absolute atomic E-state index is 9.34. The number of H-pyrrole nitrogens is 1. The lowest BCUT2D eigenvalue weighted by atomic mass is 10.1. The summed E-state index contributed by atoms with van der Waals surface area (Å²) in [6.45, 7) is 0. The van der Waals surface area contributed by atoms with Gasteiger partial charge >= 0.3 is 0 Å². The van der Waals surface area contributed by atoms with Crippen molar-refractivity contribution in [3.05, 3.63) is 65.5 Å². The summed E-state index contributed by atoms with van der Waals surface area (Å²) in [7, 11) is 0. The Morgan fingerprint density at radius 3 is 2.48 bits per heavy atom. The highest BCUT2D eigenvalue weighted by atomic mass is 14.9. The average Bonchev–Trinajstić information content (AvgIpc) is 2.97. The van der Waals surface area contributed by atoms with Gasteiger partial charge in [0, 0.05) is 0 Å². The summed E-state index contributed by atoms with van der Waals surface area (Å²) in [5, 5.41) is 18.1. The van der Waals surface area contributed by atoms with Gasteiger partial charge in [0.05, 0.1) is 28.2 Å². The minimum absolute atomic E-state index is 0.455. The van der Waals surface area contributed by atoms with E-state index in [1.807, 2.05) is 24.3 Å². The predicted octanol–water partition coefficient (Wildman–Crippen LogP) is 3.50. The SMILES string of the molecule is N#C/C(=C/c1ccc(C#N)cc1)c1nc2ccccc2[nH]1. The molecule has 4 heteroatoms. The van der Waals surface area contributed by atoms with Crippen LogP contribution in [0, 0.1) is 22.7 Å². The molecule has 0 saturated carbocycles. The molecule has 1 heterocycles. The maximum Gasteiger partial charge on any atom is 0.149 e. The summed E-state index contributed by atoms with van der Waals surface area (Å²) in [6.07, 6.45) is 1.75. The molecule has 0 fully saturated rings. The van der Waals surface area contributed by atoms with E-state index in [-0.39, 0.29) is 0 Å². The number of rotatable bonds is 2. The molecule has 2 aromatic carbocycles. The molecule has 1 aromatic heterocycles. The van der Waals surface area contributed by atoms with Gasteiger partial charge in [0.15, 0.2) is 0 Å². The molecule has 1 N–H and O–H groups in total. The van der Waals surface area contributed by atoms with Crippen LogP contribution in [0.2, 0.25) is 0 Å². The smallest absolute Gasteiger partial charge is 0.149 e. The highest BCUT2D eigenvalue weighted by Crippen LogP contribution is 2.19. The first kappa shape index (κ1) is 12.7. The normalized spacial score (nSPS) is 11.0. The highest BCUT2D eigenvalue weighted by Gasteiger charge is 2.07. The van der Waals surface area contributed by atoms with E-state index in [0.29, 0.717) is 17.0 Å². The van der Waals surface area contributed by atoms with Crippen molar-refractivity contribution < 1.29 is 0 Å². The van der Waals surface area contributed by atoms with Crippen LogP contribution in [-0.2, 0) is 0 Å². The van der Waals surface area contributed by atoms with E-state index in [9.17, 15) is 5.26 Å². The Morgan fingerprint density at radius 1 is 1.05 bits per heavy atom. The van der Waals surface area contributed by atoms with Crippen molar-refractivity contribution in [3.63, 3.8) is 0 Å². The molecule has 0 aliphatic heterocycles. The number of hydrogen-bond acceptors (Lipinski definition) is 3. The lowest BCUT2D eigenvalue weighted by Crippen LogP contribution is -1.85. The van der Waals surface area contributed by atoms with Crippen LogP contribution in [0.3, 0.4) is 0 Å². The number of aromatic nitrogens is 2. The molecule has 21 heavy (non-hydrogen) atoms. The summed E-state index contributed by atoms with van der Waals surface area (Å²) in [5.74, 6) is 0.544. The van der Waals surface area contributed by atoms with Crippen molar-refractivity contribution in [1.82, 2.24) is 9.97 Å². The van der Waals surface area contributed by atoms with Gasteiger partial charge in [0.25, 0.3) is 0 Å². The molecule has 98 valence electrons. The lowest BCUT2D eigenvalue weighted by molar-refractivity contribution is 1.27. The fourth-order valence-corrected chi connectivity index (χ4v) is 2.05. The van der Waals surface area contributed by atoms with Crippen LogP contribution in [0.15, 0.2) is 48.5 Å². The third-order valence-electron chi connectivity index (χ3n) is 3.12. The quantitative estimate of drug-likeness (QED) is 0.724. The highest BCUT2D eigenvalue weighted by molar-refractivity contribution is 5.90. The first-order chi connectivity index (χ1) is 10.3. The standard InChI is InChI=1S/C17H10N4/c18-10-13-7-5-12(6-8-13)9-14(11-19)17-20-15-3-1-2-4-16(15)21-17/h1-9H,(H,20,21)/b14-9-. The summed E-state index contributed by atoms with van der Waals surface area (Å²) in [4.78, 5) is 7.55. The fourth-order valence-electron chi connectivity index (χ4n) is 2.05. The van der Waals surface area contributed by atoms with Gasteiger partial charge in [-0.1, -0.05) is 24.3 Å². The second kappa shape index (κ2) is 5.32. The molecular formula is C17H10N4. The molecule has 0 bridgehead atoms. The number of fused-ring (bicyclic) bond motifs is 1. The zero-order valence-corrected chi connectivity index (χ0v) is 11.0. The number of nitrogens with zero attached hydrogens (tertiary/aromatic N) is 3. The zero-order valence-electron chi connectivity index (χ0n) is 11.0. The number of hydrogen-bond donors (Lipinski definition) is 1. The lowest BCUT2D eigenvalue weighted by Gasteiger charge is -1.96. The van der Waals surface area contributed by atoms with Gasteiger partial charge in [-0.2, -0.15) is 10.5 Å². The molecule has 0 saturated heterocycles. The molecule has 0 amide bonds. The van der Waals surface area contributed by atoms with E-state index in [1.54, 1.807) is 30.3 Å². The van der Waals surface area contributed by atoms with Crippen LogP contribution in [0.4, 0.5) is 0 Å². The van der Waals surface area contributed by atoms with Crippen molar-refractivity contribution in [2.24, 2.45) is 0 Å². The predicted molar refractivity (Wildman–Crippen MR) is 80.7 cm³/mol. The Bertz CT molecular complexity index is 869. The first-order valence-electron chi connectivity index (χ1n) is 6.37. The Kier molecular flexibility index (Phi) is 3.21. The van der Waals surface area contributed by atoms with Gasteiger partial charge in [-0.25, -0.2) is 4.98 Å². The van der Waals surface area contributed by atoms with Crippen molar-refractivity contribution in [1.29, 1.82) is 10.5 Å². The minimum Gasteiger partial charge on any atom is -0.337 e. The molecular weight excluding hydrogens is 260 g/mol. The number of nitrogens with one attached hydrogen (secondary N) is 1. The molecule has 3 aromatic rings. The van der Waals surface area contributed by atoms with Gasteiger partial charge in [0.2, 0.25) is 0 Å². The van der Waals surface area contributed by atoms with E-state index in [2.05, 4.69) is 22.1 Å². The topological polar surface area (TPSA) is 76.3 Å². The number of imidazole rings is 1. The van der Waals surface area contributed by atoms with Crippen molar-refractivity contribution in [3.8, 4) is 12.1 Å². The summed E-state index contributed by atoms with van der Waals surface area (Å²) in [6, 6.07) is 18.9. The van der Waals surface area contributed by atoms with Crippen LogP contribution in [-0.4, -0.2) is 9.97 Å². The first-order valence-corrected chi connectivity index (χ1v) is 6.37. The van der Waals surface area contributed by atoms with Crippen molar-refractivity contribution in [2.75, 3.05) is 0 Å². The molecule has 0 aliphatic rings. The van der Waals surface area contributed by atoms with Gasteiger partial charge in [-0.15, -0.1) is 0 Å². The number of aromatic amines is 1. The van der Waals surface area contributed by atoms with Crippen LogP contribution < -0.4 is 0 Å². The Morgan fingerprint density at radius 2 is 1.81 bits per heavy atom. The third-order valence-corrected chi connectivity index (χ3v) is 3.12. The maximum atomic E-state index is 9.34. The number of allylic oxidation sites excluding steroid dienone is 1. The van der Waals surface area contributed by atoms with Crippen molar-refractivity contribution >= 4 is 22.7 Å². The second-order valence-corrected chi connectivity index (χ2v) is 4.51. The van der Waals surface area contributed by atoms with Gasteiger partial charge in [-0.3, -0.25) is 0 Å². The van der Waals surface area contributed by atoms with E-state index in [0.717, 1.165) is 16.6 Å². The monoisotopic (exact) mass is 270 g/mol. The molecule has 0 radical (unpaired) electrons. The van der Waals surface area contributed by atoms with Crippen LogP contribution in [0.5, 0.6) is 0 Å². The molecule has 4 nitrogen and oxygen atoms in total. The molecule has 0 atom stereocenters. The number of para-hydroxylation sites is 2. The summed E-state index contributed by atoms with van der Waals surface area (Å²) in [5.41, 5.74) is 3.62. The largest absolute Gasteiger partial charge is 0.337 e. The minimum atomic E-state index is 0.455. The Balaban J connectivity index is 2.02. The van der Waals surface area contributed by atoms with E-state index < -0.39 is 0 Å². The Labute approximate surface area is 121 Å². The summed E-state index contributed by atoms with van der Waals surface area (Å²) < 4.78 is 0. The molecule has 0 spiro atoms. The van der Waals surface area contributed by atoms with Crippen LogP contribution in [0.1, 0.15) is 17.0 Å². The molecule has 0 aliphatic carbocycles. The third kappa shape index (κ3) is 2.51. The van der Waals surface area contributed by atoms with E-state index in [4.69, 9.17) is 5.26 Å². The molecule has 0 unspecified atom stereocenters. The van der Waals surface area contributed by atoms with Crippen molar-refractivity contribution in [2.45, 2.75) is 0 Å². The van der Waals surface area contributed by atoms with Gasteiger partial charge in [-0.05, 0) is 35.9 Å². The summed E-state index contributed by atoms with van der Waals surface area (Å²) >= 11 is 0. The second-order valence-electron chi connectivity index (χ2n) is 4.51. The molecule has 3 rings (SSSR count). The fraction of sp³-hybridized carbons (Fsp3) is 0. The Hall–Kier alpha value is -3.37. The van der Waals surface area contributed by atoms with Gasteiger partial charge < -0.3 is 4.98 Å². The van der Waals surface area contributed by atoms with Crippen LogP contribution >= 0.6 is 0 Å². The van der Waals surface area contributed by atoms with Crippen LogP contribution in [0.25, 0.3) is 22.7 Å². The average molecular weight is 270 g/mol. The zero-order chi connectivity index (χ0) is 14.7. The van der Waals surface area contributed by atoms with E-state index >= 15 is 0 Å². The number of nitriles is 2. The van der Waals surface area contributed by atoms with Gasteiger partial charge in [0.1, 0.15) is 11.9 Å².